The zero-order valence-electron chi connectivity index (χ0n) is 18.0. The van der Waals surface area contributed by atoms with Crippen molar-refractivity contribution in [2.75, 3.05) is 33.5 Å². The van der Waals surface area contributed by atoms with E-state index in [1.165, 1.54) is 0 Å². The van der Waals surface area contributed by atoms with Gasteiger partial charge in [-0.1, -0.05) is 12.1 Å². The maximum atomic E-state index is 6.78. The molecule has 4 aliphatic heterocycles. The number of ether oxygens (including phenoxy) is 4. The Labute approximate surface area is 182 Å². The molecule has 0 unspecified atom stereocenters. The van der Waals surface area contributed by atoms with Crippen LogP contribution in [-0.4, -0.2) is 50.0 Å². The average Bonchev–Trinajstić information content (AvgIpc) is 3.47. The summed E-state index contributed by atoms with van der Waals surface area (Å²) in [6.45, 7) is 5.84. The van der Waals surface area contributed by atoms with Crippen LogP contribution in [0, 0.1) is 0 Å². The molecule has 2 aromatic carbocycles. The molecule has 0 amide bonds. The highest BCUT2D eigenvalue weighted by atomic mass is 16.7. The predicted molar refractivity (Wildman–Crippen MR) is 115 cm³/mol. The third kappa shape index (κ3) is 2.86. The number of rotatable bonds is 3. The van der Waals surface area contributed by atoms with Crippen molar-refractivity contribution < 1.29 is 23.8 Å². The molecule has 1 N–H and O–H groups in total. The molecule has 1 saturated heterocycles. The molecule has 162 valence electrons. The van der Waals surface area contributed by atoms with Crippen molar-refractivity contribution in [3.63, 3.8) is 0 Å². The summed E-state index contributed by atoms with van der Waals surface area (Å²) in [5.74, 6) is 3.27. The normalized spacial score (nSPS) is 28.1. The summed E-state index contributed by atoms with van der Waals surface area (Å²) < 4.78 is 23.6. The van der Waals surface area contributed by atoms with Crippen molar-refractivity contribution in [1.82, 2.24) is 5.01 Å². The predicted octanol–water partition coefficient (Wildman–Crippen LogP) is 2.36. The smallest absolute Gasteiger partial charge is 0.231 e. The van der Waals surface area contributed by atoms with Crippen LogP contribution >= 0.6 is 0 Å². The minimum Gasteiger partial charge on any atom is -0.493 e. The molecule has 6 rings (SSSR count). The molecular weight excluding hydrogens is 394 g/mol. The fraction of sp³-hybridized carbons (Fsp3) is 0.458. The van der Waals surface area contributed by atoms with E-state index >= 15 is 0 Å². The van der Waals surface area contributed by atoms with Crippen molar-refractivity contribution in [2.24, 2.45) is 5.10 Å². The first-order valence-electron chi connectivity index (χ1n) is 11.2. The van der Waals surface area contributed by atoms with Crippen LogP contribution in [0.5, 0.6) is 23.0 Å². The van der Waals surface area contributed by atoms with E-state index < -0.39 is 5.72 Å². The van der Waals surface area contributed by atoms with Crippen molar-refractivity contribution in [3.05, 3.63) is 47.5 Å². The summed E-state index contributed by atoms with van der Waals surface area (Å²) in [6, 6.07) is 12.4. The molecule has 1 atom stereocenters. The van der Waals surface area contributed by atoms with Crippen molar-refractivity contribution in [3.8, 4) is 23.0 Å². The first kappa shape index (κ1) is 18.8. The van der Waals surface area contributed by atoms with E-state index in [1.807, 2.05) is 24.3 Å². The van der Waals surface area contributed by atoms with E-state index in [0.29, 0.717) is 0 Å². The number of hydrogen-bond acceptors (Lipinski definition) is 6. The summed E-state index contributed by atoms with van der Waals surface area (Å²) in [6.07, 6.45) is 2.72. The lowest BCUT2D eigenvalue weighted by molar-refractivity contribution is -0.906. The number of hydrogen-bond donors (Lipinski definition) is 1. The summed E-state index contributed by atoms with van der Waals surface area (Å²) in [5, 5.41) is 7.42. The standard InChI is InChI=1S/C24H27N3O4/c1-3-26-11-9-24(10-12-26)27-19(17-5-4-6-21(28-2)23(17)31-24)14-18(25-27)16-7-8-20-22(13-16)30-15-29-20/h4-8,13,19H,3,9-12,14-15H2,1-2H3/p+1/t19-/m1/s1. The average molecular weight is 423 g/mol. The van der Waals surface area contributed by atoms with Gasteiger partial charge in [0.1, 0.15) is 0 Å². The third-order valence-electron chi connectivity index (χ3n) is 7.15. The molecule has 31 heavy (non-hydrogen) atoms. The van der Waals surface area contributed by atoms with Gasteiger partial charge in [0.2, 0.25) is 12.5 Å². The van der Waals surface area contributed by atoms with Crippen LogP contribution in [0.3, 0.4) is 0 Å². The zero-order chi connectivity index (χ0) is 21.0. The first-order chi connectivity index (χ1) is 15.2. The Morgan fingerprint density at radius 2 is 2.00 bits per heavy atom. The second-order valence-corrected chi connectivity index (χ2v) is 8.71. The Balaban J connectivity index is 1.42. The number of benzene rings is 2. The molecule has 0 bridgehead atoms. The van der Waals surface area contributed by atoms with Gasteiger partial charge in [-0.25, -0.2) is 5.01 Å². The SMILES string of the molecule is CC[NH+]1CCC2(CC1)Oc1c(OC)cccc1[C@H]1CC(c3ccc4c(c3)OCO4)=NN12. The molecule has 7 heteroatoms. The molecule has 1 fully saturated rings. The van der Waals surface area contributed by atoms with E-state index in [2.05, 4.69) is 24.1 Å². The van der Waals surface area contributed by atoms with Crippen molar-refractivity contribution in [2.45, 2.75) is 38.0 Å². The Kier molecular flexibility index (Phi) is 4.28. The van der Waals surface area contributed by atoms with Crippen molar-refractivity contribution >= 4 is 5.71 Å². The van der Waals surface area contributed by atoms with Gasteiger partial charge in [0.25, 0.3) is 0 Å². The van der Waals surface area contributed by atoms with Crippen LogP contribution in [0.1, 0.15) is 43.4 Å². The minimum atomic E-state index is -0.428. The number of methoxy groups -OCH3 is 1. The summed E-state index contributed by atoms with van der Waals surface area (Å²) in [4.78, 5) is 1.62. The summed E-state index contributed by atoms with van der Waals surface area (Å²) in [5.41, 5.74) is 2.86. The van der Waals surface area contributed by atoms with E-state index in [1.54, 1.807) is 12.0 Å². The number of nitrogens with zero attached hydrogens (tertiary/aromatic N) is 2. The second kappa shape index (κ2) is 7.05. The second-order valence-electron chi connectivity index (χ2n) is 8.71. The molecule has 1 spiro atoms. The molecule has 0 saturated carbocycles. The fourth-order valence-corrected chi connectivity index (χ4v) is 5.36. The maximum Gasteiger partial charge on any atom is 0.231 e. The van der Waals surface area contributed by atoms with Gasteiger partial charge in [-0.05, 0) is 31.2 Å². The molecule has 0 aliphatic carbocycles. The maximum absolute atomic E-state index is 6.78. The van der Waals surface area contributed by atoms with Gasteiger partial charge in [-0.3, -0.25) is 0 Å². The molecule has 7 nitrogen and oxygen atoms in total. The topological polar surface area (TPSA) is 57.0 Å². The van der Waals surface area contributed by atoms with Crippen LogP contribution in [-0.2, 0) is 0 Å². The van der Waals surface area contributed by atoms with Gasteiger partial charge >= 0.3 is 0 Å². The molecular formula is C24H28N3O4+. The van der Waals surface area contributed by atoms with Crippen LogP contribution in [0.4, 0.5) is 0 Å². The Bertz CT molecular complexity index is 1050. The van der Waals surface area contributed by atoms with Gasteiger partial charge in [0, 0.05) is 17.5 Å². The van der Waals surface area contributed by atoms with E-state index in [4.69, 9.17) is 24.0 Å². The lowest BCUT2D eigenvalue weighted by Gasteiger charge is -2.50. The first-order valence-corrected chi connectivity index (χ1v) is 11.2. The number of fused-ring (bicyclic) bond motifs is 5. The van der Waals surface area contributed by atoms with Crippen molar-refractivity contribution in [1.29, 1.82) is 0 Å². The fourth-order valence-electron chi connectivity index (χ4n) is 5.36. The van der Waals surface area contributed by atoms with Gasteiger partial charge in [0.15, 0.2) is 23.0 Å². The lowest BCUT2D eigenvalue weighted by Crippen LogP contribution is -3.13. The molecule has 4 aliphatic rings. The number of nitrogens with one attached hydrogen (secondary N) is 1. The number of para-hydroxylation sites is 1. The Morgan fingerprint density at radius 1 is 1.16 bits per heavy atom. The number of quaternary nitrogens is 1. The highest BCUT2D eigenvalue weighted by molar-refractivity contribution is 6.02. The van der Waals surface area contributed by atoms with E-state index in [9.17, 15) is 0 Å². The van der Waals surface area contributed by atoms with Gasteiger partial charge in [-0.2, -0.15) is 5.10 Å². The lowest BCUT2D eigenvalue weighted by atomic mass is 9.90. The van der Waals surface area contributed by atoms with Gasteiger partial charge in [-0.15, -0.1) is 0 Å². The largest absolute Gasteiger partial charge is 0.493 e. The van der Waals surface area contributed by atoms with Crippen LogP contribution in [0.2, 0.25) is 0 Å². The quantitative estimate of drug-likeness (QED) is 0.823. The number of piperidine rings is 1. The molecule has 0 aromatic heterocycles. The van der Waals surface area contributed by atoms with Crippen LogP contribution < -0.4 is 23.8 Å². The molecule has 2 aromatic rings. The van der Waals surface area contributed by atoms with E-state index in [-0.39, 0.29) is 12.8 Å². The molecule has 4 heterocycles. The van der Waals surface area contributed by atoms with Crippen LogP contribution in [0.15, 0.2) is 41.5 Å². The monoisotopic (exact) mass is 422 g/mol. The Morgan fingerprint density at radius 3 is 2.81 bits per heavy atom. The van der Waals surface area contributed by atoms with Gasteiger partial charge in [0.05, 0.1) is 51.3 Å². The third-order valence-corrected chi connectivity index (χ3v) is 7.15. The Hall–Kier alpha value is -2.93. The van der Waals surface area contributed by atoms with Crippen LogP contribution in [0.25, 0.3) is 0 Å². The highest BCUT2D eigenvalue weighted by Gasteiger charge is 2.53. The summed E-state index contributed by atoms with van der Waals surface area (Å²) in [7, 11) is 1.71. The number of likely N-dealkylation sites (tertiary alicyclic amines) is 1. The zero-order valence-corrected chi connectivity index (χ0v) is 18.0. The highest BCUT2D eigenvalue weighted by Crippen LogP contribution is 2.52. The number of hydrazone groups is 1. The van der Waals surface area contributed by atoms with E-state index in [0.717, 1.165) is 78.7 Å². The minimum absolute atomic E-state index is 0.141. The van der Waals surface area contributed by atoms with Gasteiger partial charge < -0.3 is 23.8 Å². The molecule has 0 radical (unpaired) electrons. The summed E-state index contributed by atoms with van der Waals surface area (Å²) >= 11 is 0.